The first-order chi connectivity index (χ1) is 10.8. The van der Waals surface area contributed by atoms with Crippen molar-refractivity contribution in [3.05, 3.63) is 29.6 Å². The van der Waals surface area contributed by atoms with Gasteiger partial charge in [0.25, 0.3) is 0 Å². The molecule has 22 heavy (non-hydrogen) atoms. The molecule has 1 aromatic heterocycles. The fraction of sp³-hybridized carbons (Fsp3) is 0.588. The van der Waals surface area contributed by atoms with Crippen LogP contribution < -0.4 is 0 Å². The highest BCUT2D eigenvalue weighted by Crippen LogP contribution is 2.17. The largest absolute Gasteiger partial charge is 0.474 e. The van der Waals surface area contributed by atoms with E-state index in [1.165, 1.54) is 0 Å². The summed E-state index contributed by atoms with van der Waals surface area (Å²) in [6.45, 7) is 5.64. The molecule has 0 spiro atoms. The SMILES string of the molecule is CCC[C@H]1COC(c2cccc(C3=N[C@@H](CCC)CO3)n2)=N1. The highest BCUT2D eigenvalue weighted by molar-refractivity contribution is 5.97. The first kappa shape index (κ1) is 15.0. The molecule has 0 fully saturated rings. The summed E-state index contributed by atoms with van der Waals surface area (Å²) >= 11 is 0. The zero-order valence-corrected chi connectivity index (χ0v) is 13.3. The van der Waals surface area contributed by atoms with Crippen molar-refractivity contribution in [3.63, 3.8) is 0 Å². The molecule has 0 unspecified atom stereocenters. The normalized spacial score (nSPS) is 23.7. The maximum atomic E-state index is 5.69. The summed E-state index contributed by atoms with van der Waals surface area (Å²) in [5, 5.41) is 0. The van der Waals surface area contributed by atoms with E-state index >= 15 is 0 Å². The van der Waals surface area contributed by atoms with Crippen LogP contribution in [0.25, 0.3) is 0 Å². The zero-order chi connectivity index (χ0) is 15.4. The van der Waals surface area contributed by atoms with Gasteiger partial charge in [0.1, 0.15) is 24.6 Å². The lowest BCUT2D eigenvalue weighted by Gasteiger charge is -2.04. The van der Waals surface area contributed by atoms with Crippen molar-refractivity contribution in [2.24, 2.45) is 9.98 Å². The average molecular weight is 301 g/mol. The van der Waals surface area contributed by atoms with Crippen LogP contribution in [0.3, 0.4) is 0 Å². The first-order valence-corrected chi connectivity index (χ1v) is 8.19. The molecule has 2 aliphatic heterocycles. The molecule has 1 aromatic rings. The number of rotatable bonds is 6. The molecule has 5 nitrogen and oxygen atoms in total. The van der Waals surface area contributed by atoms with Crippen LogP contribution in [-0.4, -0.2) is 42.1 Å². The van der Waals surface area contributed by atoms with Gasteiger partial charge in [-0.3, -0.25) is 0 Å². The van der Waals surface area contributed by atoms with Gasteiger partial charge < -0.3 is 9.47 Å². The van der Waals surface area contributed by atoms with Gasteiger partial charge in [-0.15, -0.1) is 0 Å². The molecule has 0 radical (unpaired) electrons. The Hall–Kier alpha value is -1.91. The van der Waals surface area contributed by atoms with Crippen LogP contribution in [0.4, 0.5) is 0 Å². The van der Waals surface area contributed by atoms with Crippen LogP contribution >= 0.6 is 0 Å². The van der Waals surface area contributed by atoms with Gasteiger partial charge in [-0.05, 0) is 25.0 Å². The molecule has 2 atom stereocenters. The maximum absolute atomic E-state index is 5.69. The van der Waals surface area contributed by atoms with Gasteiger partial charge in [-0.2, -0.15) is 0 Å². The summed E-state index contributed by atoms with van der Waals surface area (Å²) in [6, 6.07) is 6.33. The predicted molar refractivity (Wildman–Crippen MR) is 86.6 cm³/mol. The molecule has 0 bridgehead atoms. The second kappa shape index (κ2) is 6.90. The minimum atomic E-state index is 0.263. The van der Waals surface area contributed by atoms with Crippen molar-refractivity contribution >= 4 is 11.8 Å². The van der Waals surface area contributed by atoms with E-state index in [1.807, 2.05) is 18.2 Å². The molecule has 0 saturated carbocycles. The van der Waals surface area contributed by atoms with Crippen molar-refractivity contribution < 1.29 is 9.47 Å². The van der Waals surface area contributed by atoms with Gasteiger partial charge in [0.15, 0.2) is 0 Å². The van der Waals surface area contributed by atoms with E-state index in [4.69, 9.17) is 9.47 Å². The average Bonchev–Trinajstić information content (AvgIpc) is 3.18. The zero-order valence-electron chi connectivity index (χ0n) is 13.3. The smallest absolute Gasteiger partial charge is 0.235 e. The van der Waals surface area contributed by atoms with E-state index < -0.39 is 0 Å². The molecule has 0 N–H and O–H groups in total. The fourth-order valence-electron chi connectivity index (χ4n) is 2.75. The Morgan fingerprint density at radius 2 is 1.41 bits per heavy atom. The number of pyridine rings is 1. The van der Waals surface area contributed by atoms with E-state index in [0.29, 0.717) is 25.0 Å². The number of nitrogens with zero attached hydrogens (tertiary/aromatic N) is 3. The first-order valence-electron chi connectivity index (χ1n) is 8.19. The number of aromatic nitrogens is 1. The quantitative estimate of drug-likeness (QED) is 0.811. The highest BCUT2D eigenvalue weighted by atomic mass is 16.5. The van der Waals surface area contributed by atoms with Crippen molar-refractivity contribution in [1.82, 2.24) is 4.98 Å². The molecule has 5 heteroatoms. The third-order valence-corrected chi connectivity index (χ3v) is 3.86. The van der Waals surface area contributed by atoms with Crippen LogP contribution in [0.1, 0.15) is 50.9 Å². The van der Waals surface area contributed by atoms with Crippen LogP contribution in [0.2, 0.25) is 0 Å². The second-order valence-electron chi connectivity index (χ2n) is 5.78. The Bertz CT molecular complexity index is 536. The highest BCUT2D eigenvalue weighted by Gasteiger charge is 2.23. The third kappa shape index (κ3) is 3.29. The summed E-state index contributed by atoms with van der Waals surface area (Å²) in [4.78, 5) is 13.8. The Kier molecular flexibility index (Phi) is 4.71. The number of hydrogen-bond donors (Lipinski definition) is 0. The van der Waals surface area contributed by atoms with Crippen LogP contribution in [0, 0.1) is 0 Å². The molecule has 118 valence electrons. The molecular weight excluding hydrogens is 278 g/mol. The van der Waals surface area contributed by atoms with Crippen LogP contribution in [0.15, 0.2) is 28.2 Å². The summed E-state index contributed by atoms with van der Waals surface area (Å²) in [6.07, 6.45) is 4.33. The van der Waals surface area contributed by atoms with E-state index in [0.717, 1.165) is 37.1 Å². The van der Waals surface area contributed by atoms with Gasteiger partial charge in [-0.1, -0.05) is 32.8 Å². The van der Waals surface area contributed by atoms with Gasteiger partial charge in [0.2, 0.25) is 11.8 Å². The topological polar surface area (TPSA) is 56.1 Å². The molecule has 0 aliphatic carbocycles. The Morgan fingerprint density at radius 1 is 0.909 bits per heavy atom. The monoisotopic (exact) mass is 301 g/mol. The third-order valence-electron chi connectivity index (χ3n) is 3.86. The van der Waals surface area contributed by atoms with Gasteiger partial charge >= 0.3 is 0 Å². The van der Waals surface area contributed by atoms with Crippen molar-refractivity contribution in [3.8, 4) is 0 Å². The number of aliphatic imine (C=N–C) groups is 2. The minimum Gasteiger partial charge on any atom is -0.474 e. The summed E-state index contributed by atoms with van der Waals surface area (Å²) in [7, 11) is 0. The van der Waals surface area contributed by atoms with Gasteiger partial charge in [0.05, 0.1) is 12.1 Å². The Morgan fingerprint density at radius 3 is 1.86 bits per heavy atom. The summed E-state index contributed by atoms with van der Waals surface area (Å²) in [5.74, 6) is 1.29. The molecule has 3 heterocycles. The molecule has 2 aliphatic rings. The Balaban J connectivity index is 1.76. The molecule has 0 aromatic carbocycles. The Labute approximate surface area is 131 Å². The second-order valence-corrected chi connectivity index (χ2v) is 5.78. The van der Waals surface area contributed by atoms with E-state index in [9.17, 15) is 0 Å². The molecule has 3 rings (SSSR count). The van der Waals surface area contributed by atoms with E-state index in [-0.39, 0.29) is 12.1 Å². The lowest BCUT2D eigenvalue weighted by atomic mass is 10.2. The molecular formula is C17H23N3O2. The minimum absolute atomic E-state index is 0.263. The van der Waals surface area contributed by atoms with Crippen molar-refractivity contribution in [2.45, 2.75) is 51.6 Å². The predicted octanol–water partition coefficient (Wildman–Crippen LogP) is 2.97. The number of ether oxygens (including phenoxy) is 2. The lowest BCUT2D eigenvalue weighted by molar-refractivity contribution is 0.309. The lowest BCUT2D eigenvalue weighted by Crippen LogP contribution is -2.10. The number of hydrogen-bond acceptors (Lipinski definition) is 5. The van der Waals surface area contributed by atoms with Gasteiger partial charge in [0, 0.05) is 0 Å². The van der Waals surface area contributed by atoms with Crippen molar-refractivity contribution in [2.75, 3.05) is 13.2 Å². The van der Waals surface area contributed by atoms with Gasteiger partial charge in [-0.25, -0.2) is 15.0 Å². The van der Waals surface area contributed by atoms with E-state index in [2.05, 4.69) is 28.8 Å². The van der Waals surface area contributed by atoms with Crippen LogP contribution in [0.5, 0.6) is 0 Å². The maximum Gasteiger partial charge on any atom is 0.235 e. The summed E-state index contributed by atoms with van der Waals surface area (Å²) < 4.78 is 11.4. The standard InChI is InChI=1S/C17H23N3O2/c1-3-6-12-10-21-16(18-12)14-8-5-9-15(20-14)17-19-13(7-4-2)11-22-17/h5,8-9,12-13H,3-4,6-7,10-11H2,1-2H3/t12-,13-/m0/s1. The molecule has 0 saturated heterocycles. The fourth-order valence-corrected chi connectivity index (χ4v) is 2.75. The van der Waals surface area contributed by atoms with E-state index in [1.54, 1.807) is 0 Å². The van der Waals surface area contributed by atoms with Crippen LogP contribution in [-0.2, 0) is 9.47 Å². The summed E-state index contributed by atoms with van der Waals surface area (Å²) in [5.41, 5.74) is 1.53. The molecule has 0 amide bonds. The van der Waals surface area contributed by atoms with Crippen molar-refractivity contribution in [1.29, 1.82) is 0 Å².